The molecule has 9 heteroatoms. The van der Waals surface area contributed by atoms with E-state index in [0.29, 0.717) is 11.6 Å². The molecule has 0 fully saturated rings. The van der Waals surface area contributed by atoms with Gasteiger partial charge in [-0.3, -0.25) is 0 Å². The fraction of sp³-hybridized carbons (Fsp3) is 0.0952. The number of halogens is 3. The van der Waals surface area contributed by atoms with Gasteiger partial charge in [0.15, 0.2) is 15.6 Å². The first-order chi connectivity index (χ1) is 14.1. The number of hydrogen-bond acceptors (Lipinski definition) is 5. The third-order valence-electron chi connectivity index (χ3n) is 4.35. The van der Waals surface area contributed by atoms with Gasteiger partial charge in [-0.05, 0) is 23.8 Å². The molecule has 3 aromatic carbocycles. The van der Waals surface area contributed by atoms with E-state index in [1.54, 1.807) is 30.3 Å². The number of carbonyl (C=O) groups excluding carboxylic acids is 1. The van der Waals surface area contributed by atoms with Gasteiger partial charge >= 0.3 is 5.97 Å². The zero-order valence-electron chi connectivity index (χ0n) is 15.5. The predicted molar refractivity (Wildman–Crippen MR) is 107 cm³/mol. The fourth-order valence-corrected chi connectivity index (χ4v) is 4.65. The summed E-state index contributed by atoms with van der Waals surface area (Å²) in [5, 5.41) is 9.73. The van der Waals surface area contributed by atoms with Crippen LogP contribution >= 0.6 is 11.6 Å². The summed E-state index contributed by atoms with van der Waals surface area (Å²) in [7, 11) is -3.28. The highest BCUT2D eigenvalue weighted by Gasteiger charge is 2.26. The van der Waals surface area contributed by atoms with Crippen LogP contribution in [0.25, 0.3) is 11.1 Å². The maximum absolute atomic E-state index is 14.4. The standard InChI is InChI=1S/C21H15ClF2O5S/c1-29-21(26)13-8-16(22)20(25)19(9-13)30(27,28)11-14-7-15(18(24)10-17(14)23)12-5-3-2-4-6-12/h2-10,25H,11H2,1H3. The third kappa shape index (κ3) is 4.29. The van der Waals surface area contributed by atoms with Crippen LogP contribution < -0.4 is 0 Å². The second-order valence-electron chi connectivity index (χ2n) is 6.34. The largest absolute Gasteiger partial charge is 0.505 e. The number of hydrogen-bond donors (Lipinski definition) is 1. The number of phenolic OH excluding ortho intramolecular Hbond substituents is 1. The molecule has 0 aromatic heterocycles. The fourth-order valence-electron chi connectivity index (χ4n) is 2.87. The van der Waals surface area contributed by atoms with Gasteiger partial charge in [0.2, 0.25) is 0 Å². The van der Waals surface area contributed by atoms with Crippen LogP contribution in [0.15, 0.2) is 59.5 Å². The van der Waals surface area contributed by atoms with Crippen molar-refractivity contribution in [2.24, 2.45) is 0 Å². The quantitative estimate of drug-likeness (QED) is 0.565. The molecule has 3 rings (SSSR count). The minimum Gasteiger partial charge on any atom is -0.505 e. The molecule has 3 aromatic rings. The summed E-state index contributed by atoms with van der Waals surface area (Å²) in [5.74, 6) is -4.46. The molecular weight excluding hydrogens is 438 g/mol. The first kappa shape index (κ1) is 21.7. The summed E-state index contributed by atoms with van der Waals surface area (Å²) >= 11 is 5.84. The second-order valence-corrected chi connectivity index (χ2v) is 8.71. The molecule has 0 spiro atoms. The Hall–Kier alpha value is -2.97. The normalized spacial score (nSPS) is 11.3. The number of phenols is 1. The van der Waals surface area contributed by atoms with Crippen molar-refractivity contribution in [1.82, 2.24) is 0 Å². The number of aromatic hydroxyl groups is 1. The van der Waals surface area contributed by atoms with Crippen molar-refractivity contribution in [2.75, 3.05) is 7.11 Å². The molecule has 0 aliphatic rings. The maximum Gasteiger partial charge on any atom is 0.337 e. The molecular formula is C21H15ClF2O5S. The highest BCUT2D eigenvalue weighted by molar-refractivity contribution is 7.90. The van der Waals surface area contributed by atoms with Crippen LogP contribution in [0.1, 0.15) is 15.9 Å². The Labute approximate surface area is 176 Å². The minimum absolute atomic E-state index is 0.0211. The SMILES string of the molecule is COC(=O)c1cc(Cl)c(O)c(S(=O)(=O)Cc2cc(-c3ccccc3)c(F)cc2F)c1. The number of sulfone groups is 1. The van der Waals surface area contributed by atoms with E-state index in [1.807, 2.05) is 0 Å². The smallest absolute Gasteiger partial charge is 0.337 e. The molecule has 1 N–H and O–H groups in total. The second kappa shape index (κ2) is 8.41. The molecule has 30 heavy (non-hydrogen) atoms. The van der Waals surface area contributed by atoms with Crippen LogP contribution in [0.4, 0.5) is 8.78 Å². The van der Waals surface area contributed by atoms with Gasteiger partial charge in [-0.2, -0.15) is 0 Å². The Balaban J connectivity index is 2.08. The molecule has 0 saturated heterocycles. The van der Waals surface area contributed by atoms with Gasteiger partial charge in [-0.15, -0.1) is 0 Å². The Morgan fingerprint density at radius 2 is 1.73 bits per heavy atom. The van der Waals surface area contributed by atoms with Crippen LogP contribution in [-0.4, -0.2) is 26.6 Å². The summed E-state index contributed by atoms with van der Waals surface area (Å²) in [4.78, 5) is 11.1. The molecule has 0 unspecified atom stereocenters. The minimum atomic E-state index is -4.37. The van der Waals surface area contributed by atoms with E-state index in [9.17, 15) is 27.1 Å². The van der Waals surface area contributed by atoms with E-state index < -0.39 is 43.8 Å². The van der Waals surface area contributed by atoms with Crippen LogP contribution in [-0.2, 0) is 20.3 Å². The van der Waals surface area contributed by atoms with Crippen molar-refractivity contribution < 1.29 is 31.8 Å². The average Bonchev–Trinajstić information content (AvgIpc) is 2.71. The average molecular weight is 453 g/mol. The van der Waals surface area contributed by atoms with Crippen LogP contribution in [0.2, 0.25) is 5.02 Å². The lowest BCUT2D eigenvalue weighted by atomic mass is 10.0. The van der Waals surface area contributed by atoms with Crippen molar-refractivity contribution in [3.63, 3.8) is 0 Å². The summed E-state index contributed by atoms with van der Waals surface area (Å²) in [5.41, 5.74) is -0.0577. The van der Waals surface area contributed by atoms with Gasteiger partial charge < -0.3 is 9.84 Å². The topological polar surface area (TPSA) is 80.7 Å². The summed E-state index contributed by atoms with van der Waals surface area (Å²) in [6.45, 7) is 0. The highest BCUT2D eigenvalue weighted by Crippen LogP contribution is 2.35. The molecule has 0 aliphatic carbocycles. The van der Waals surface area contributed by atoms with Crippen molar-refractivity contribution in [3.8, 4) is 16.9 Å². The Bertz CT molecular complexity index is 1230. The van der Waals surface area contributed by atoms with Crippen molar-refractivity contribution in [1.29, 1.82) is 0 Å². The number of rotatable bonds is 5. The third-order valence-corrected chi connectivity index (χ3v) is 6.31. The van der Waals surface area contributed by atoms with Gasteiger partial charge in [-0.1, -0.05) is 41.9 Å². The molecule has 156 valence electrons. The Morgan fingerprint density at radius 3 is 2.37 bits per heavy atom. The molecule has 5 nitrogen and oxygen atoms in total. The van der Waals surface area contributed by atoms with E-state index in [0.717, 1.165) is 25.3 Å². The zero-order valence-corrected chi connectivity index (χ0v) is 17.1. The number of ether oxygens (including phenoxy) is 1. The van der Waals surface area contributed by atoms with Crippen molar-refractivity contribution in [2.45, 2.75) is 10.6 Å². The molecule has 0 bridgehead atoms. The molecule has 0 aliphatic heterocycles. The van der Waals surface area contributed by atoms with Crippen LogP contribution in [0.5, 0.6) is 5.75 Å². The van der Waals surface area contributed by atoms with E-state index in [1.165, 1.54) is 0 Å². The molecule has 0 radical (unpaired) electrons. The van der Waals surface area contributed by atoms with Gasteiger partial charge in [0.05, 0.1) is 23.4 Å². The van der Waals surface area contributed by atoms with Gasteiger partial charge in [0.1, 0.15) is 16.5 Å². The zero-order chi connectivity index (χ0) is 22.1. The van der Waals surface area contributed by atoms with Crippen molar-refractivity contribution >= 4 is 27.4 Å². The lowest BCUT2D eigenvalue weighted by molar-refractivity contribution is 0.0600. The summed E-state index contributed by atoms with van der Waals surface area (Å²) in [6.07, 6.45) is 0. The lowest BCUT2D eigenvalue weighted by Gasteiger charge is -2.12. The van der Waals surface area contributed by atoms with Gasteiger partial charge in [-0.25, -0.2) is 22.0 Å². The van der Waals surface area contributed by atoms with E-state index in [2.05, 4.69) is 4.74 Å². The first-order valence-corrected chi connectivity index (χ1v) is 10.5. The van der Waals surface area contributed by atoms with Crippen LogP contribution in [0, 0.1) is 11.6 Å². The number of methoxy groups -OCH3 is 1. The molecule has 0 heterocycles. The van der Waals surface area contributed by atoms with E-state index >= 15 is 0 Å². The van der Waals surface area contributed by atoms with Crippen LogP contribution in [0.3, 0.4) is 0 Å². The van der Waals surface area contributed by atoms with Gasteiger partial charge in [0, 0.05) is 17.2 Å². The maximum atomic E-state index is 14.4. The predicted octanol–water partition coefficient (Wildman–Crippen LogP) is 4.75. The van der Waals surface area contributed by atoms with Crippen molar-refractivity contribution in [3.05, 3.63) is 82.4 Å². The summed E-state index contributed by atoms with van der Waals surface area (Å²) in [6, 6.07) is 11.9. The Kier molecular flexibility index (Phi) is 6.09. The van der Waals surface area contributed by atoms with E-state index in [4.69, 9.17) is 11.6 Å². The lowest BCUT2D eigenvalue weighted by Crippen LogP contribution is -2.10. The molecule has 0 amide bonds. The highest BCUT2D eigenvalue weighted by atomic mass is 35.5. The Morgan fingerprint density at radius 1 is 1.07 bits per heavy atom. The van der Waals surface area contributed by atoms with Gasteiger partial charge in [0.25, 0.3) is 0 Å². The summed E-state index contributed by atoms with van der Waals surface area (Å²) < 4.78 is 59.0. The van der Waals surface area contributed by atoms with E-state index in [-0.39, 0.29) is 21.7 Å². The molecule has 0 saturated carbocycles. The number of benzene rings is 3. The number of esters is 1. The monoisotopic (exact) mass is 452 g/mol. The first-order valence-electron chi connectivity index (χ1n) is 8.51. The number of carbonyl (C=O) groups is 1. The molecule has 0 atom stereocenters.